The van der Waals surface area contributed by atoms with E-state index in [0.717, 1.165) is 30.9 Å². The van der Waals surface area contributed by atoms with Crippen molar-refractivity contribution in [1.82, 2.24) is 10.2 Å². The quantitative estimate of drug-likeness (QED) is 0.134. The van der Waals surface area contributed by atoms with Crippen molar-refractivity contribution in [2.24, 2.45) is 0 Å². The maximum Gasteiger partial charge on any atom is 0.416 e. The number of alkyl halides is 5. The summed E-state index contributed by atoms with van der Waals surface area (Å²) >= 11 is 0. The average Bonchev–Trinajstić information content (AvgIpc) is 3.05. The van der Waals surface area contributed by atoms with Crippen LogP contribution in [0.2, 0.25) is 0 Å². The Morgan fingerprint density at radius 2 is 1.38 bits per heavy atom. The summed E-state index contributed by atoms with van der Waals surface area (Å²) in [6.45, 7) is 6.93. The molecule has 48 heavy (non-hydrogen) atoms. The van der Waals surface area contributed by atoms with Crippen molar-refractivity contribution in [3.63, 3.8) is 0 Å². The lowest BCUT2D eigenvalue weighted by Gasteiger charge is -2.36. The second-order valence-corrected chi connectivity index (χ2v) is 11.0. The standard InChI is InChI=1S/C22H22F5NO.C12H23NO6/c1-21(23,24)17-12-16(13-18(14-17)22(25,26)27)20(29)28-10-6-5-9-19(28)11-15-7-3-2-4-8-15;1-3-16-5-7-18-11(14)9-13-10-12(15)19-8-6-17-4-2/h2-4,7-8,12-14,19H,5-6,9-11H2,1H3;13H,3-10H2,1-2H3/t19-;/m0./s1. The van der Waals surface area contributed by atoms with Crippen LogP contribution in [0.5, 0.6) is 0 Å². The van der Waals surface area contributed by atoms with Gasteiger partial charge >= 0.3 is 18.1 Å². The third kappa shape index (κ3) is 15.1. The molecule has 1 atom stereocenters. The summed E-state index contributed by atoms with van der Waals surface area (Å²) in [5.41, 5.74) is -1.39. The van der Waals surface area contributed by atoms with Crippen LogP contribution >= 0.6 is 0 Å². The lowest BCUT2D eigenvalue weighted by molar-refractivity contribution is -0.145. The molecule has 1 aliphatic rings. The Labute approximate surface area is 278 Å². The highest BCUT2D eigenvalue weighted by molar-refractivity contribution is 5.95. The van der Waals surface area contributed by atoms with Crippen molar-refractivity contribution in [3.05, 3.63) is 70.8 Å². The van der Waals surface area contributed by atoms with Crippen LogP contribution in [0.4, 0.5) is 22.0 Å². The number of rotatable bonds is 16. The first-order chi connectivity index (χ1) is 22.8. The molecule has 3 rings (SSSR count). The second kappa shape index (κ2) is 20.7. The first kappa shape index (κ1) is 40.6. The van der Waals surface area contributed by atoms with E-state index in [2.05, 4.69) is 5.32 Å². The summed E-state index contributed by atoms with van der Waals surface area (Å²) in [6.07, 6.45) is -1.89. The fourth-order valence-corrected chi connectivity index (χ4v) is 4.79. The summed E-state index contributed by atoms with van der Waals surface area (Å²) in [7, 11) is 0. The number of ether oxygens (including phenoxy) is 4. The van der Waals surface area contributed by atoms with Crippen molar-refractivity contribution >= 4 is 17.8 Å². The number of halogens is 5. The van der Waals surface area contributed by atoms with Crippen molar-refractivity contribution in [1.29, 1.82) is 0 Å². The molecular formula is C34H45F5N2O7. The van der Waals surface area contributed by atoms with Crippen LogP contribution in [-0.2, 0) is 47.1 Å². The fraction of sp³-hybridized carbons (Fsp3) is 0.559. The van der Waals surface area contributed by atoms with E-state index in [9.17, 15) is 36.3 Å². The smallest absolute Gasteiger partial charge is 0.416 e. The molecule has 14 heteroatoms. The number of hydrogen-bond donors (Lipinski definition) is 1. The molecule has 0 unspecified atom stereocenters. The van der Waals surface area contributed by atoms with E-state index in [0.29, 0.717) is 58.4 Å². The number of nitrogens with zero attached hydrogens (tertiary/aromatic N) is 1. The maximum atomic E-state index is 13.8. The number of piperidine rings is 1. The molecule has 0 aliphatic carbocycles. The van der Waals surface area contributed by atoms with E-state index in [1.54, 1.807) is 0 Å². The van der Waals surface area contributed by atoms with Crippen molar-refractivity contribution < 1.29 is 55.3 Å². The molecule has 1 aliphatic heterocycles. The van der Waals surface area contributed by atoms with Gasteiger partial charge in [-0.15, -0.1) is 0 Å². The van der Waals surface area contributed by atoms with Crippen LogP contribution in [0.3, 0.4) is 0 Å². The summed E-state index contributed by atoms with van der Waals surface area (Å²) in [6, 6.07) is 11.3. The van der Waals surface area contributed by atoms with Crippen LogP contribution in [0, 0.1) is 0 Å². The Hall–Kier alpha value is -3.62. The van der Waals surface area contributed by atoms with Crippen LogP contribution in [0.1, 0.15) is 67.1 Å². The molecule has 1 amide bonds. The largest absolute Gasteiger partial charge is 0.462 e. The first-order valence-electron chi connectivity index (χ1n) is 15.9. The maximum absolute atomic E-state index is 13.8. The molecule has 0 spiro atoms. The highest BCUT2D eigenvalue weighted by Crippen LogP contribution is 2.36. The van der Waals surface area contributed by atoms with E-state index >= 15 is 0 Å². The summed E-state index contributed by atoms with van der Waals surface area (Å²) < 4.78 is 87.0. The topological polar surface area (TPSA) is 103 Å². The molecular weight excluding hydrogens is 643 g/mol. The molecule has 1 N–H and O–H groups in total. The Balaban J connectivity index is 0.000000368. The van der Waals surface area contributed by atoms with Gasteiger partial charge in [-0.2, -0.15) is 13.2 Å². The second-order valence-electron chi connectivity index (χ2n) is 11.0. The zero-order chi connectivity index (χ0) is 35.6. The van der Waals surface area contributed by atoms with E-state index in [1.807, 2.05) is 44.2 Å². The molecule has 2 aromatic rings. The minimum atomic E-state index is -4.82. The number of carbonyl (C=O) groups excluding carboxylic acids is 3. The van der Waals surface area contributed by atoms with Crippen LogP contribution < -0.4 is 5.32 Å². The molecule has 0 saturated carbocycles. The molecule has 0 radical (unpaired) electrons. The zero-order valence-corrected chi connectivity index (χ0v) is 27.6. The van der Waals surface area contributed by atoms with Gasteiger partial charge < -0.3 is 23.8 Å². The molecule has 1 heterocycles. The summed E-state index contributed by atoms with van der Waals surface area (Å²) in [5.74, 6) is -4.98. The number of likely N-dealkylation sites (tertiary alicyclic amines) is 1. The van der Waals surface area contributed by atoms with E-state index in [4.69, 9.17) is 18.9 Å². The van der Waals surface area contributed by atoms with Gasteiger partial charge in [-0.1, -0.05) is 30.3 Å². The number of carbonyl (C=O) groups is 3. The predicted molar refractivity (Wildman–Crippen MR) is 168 cm³/mol. The van der Waals surface area contributed by atoms with E-state index < -0.39 is 41.1 Å². The Morgan fingerprint density at radius 1 is 0.812 bits per heavy atom. The minimum absolute atomic E-state index is 0.0350. The third-order valence-corrected chi connectivity index (χ3v) is 7.14. The van der Waals surface area contributed by atoms with Crippen molar-refractivity contribution in [2.45, 2.75) is 64.6 Å². The number of nitrogens with one attached hydrogen (secondary N) is 1. The lowest BCUT2D eigenvalue weighted by atomic mass is 9.94. The van der Waals surface area contributed by atoms with Crippen molar-refractivity contribution in [2.75, 3.05) is 59.3 Å². The van der Waals surface area contributed by atoms with Crippen LogP contribution in [0.15, 0.2) is 48.5 Å². The minimum Gasteiger partial charge on any atom is -0.462 e. The van der Waals surface area contributed by atoms with Gasteiger partial charge in [0.15, 0.2) is 0 Å². The van der Waals surface area contributed by atoms with Gasteiger partial charge in [0.1, 0.15) is 13.2 Å². The third-order valence-electron chi connectivity index (χ3n) is 7.14. The SMILES string of the molecule is CC(F)(F)c1cc(C(=O)N2CCCC[C@H]2Cc2ccccc2)cc(C(F)(F)F)c1.CCOCCOC(=O)CNCC(=O)OCCOCC. The molecule has 9 nitrogen and oxygen atoms in total. The highest BCUT2D eigenvalue weighted by Gasteiger charge is 2.36. The monoisotopic (exact) mass is 688 g/mol. The molecule has 0 bridgehead atoms. The van der Waals surface area contributed by atoms with E-state index in [1.165, 1.54) is 4.90 Å². The van der Waals surface area contributed by atoms with Gasteiger partial charge in [-0.25, -0.2) is 8.78 Å². The zero-order valence-electron chi connectivity index (χ0n) is 27.6. The van der Waals surface area contributed by atoms with Crippen LogP contribution in [-0.4, -0.2) is 88.1 Å². The van der Waals surface area contributed by atoms with Gasteiger partial charge in [0.05, 0.1) is 31.9 Å². The number of esters is 2. The molecule has 1 saturated heterocycles. The van der Waals surface area contributed by atoms with Gasteiger partial charge in [-0.3, -0.25) is 19.7 Å². The average molecular weight is 689 g/mol. The van der Waals surface area contributed by atoms with Crippen molar-refractivity contribution in [3.8, 4) is 0 Å². The summed E-state index contributed by atoms with van der Waals surface area (Å²) in [4.78, 5) is 37.0. The fourth-order valence-electron chi connectivity index (χ4n) is 4.79. The number of benzene rings is 2. The van der Waals surface area contributed by atoms with Gasteiger partial charge in [-0.05, 0) is 63.3 Å². The number of amides is 1. The van der Waals surface area contributed by atoms with E-state index in [-0.39, 0.29) is 37.9 Å². The molecule has 268 valence electrons. The lowest BCUT2D eigenvalue weighted by Crippen LogP contribution is -2.45. The Morgan fingerprint density at radius 3 is 1.90 bits per heavy atom. The normalized spacial score (nSPS) is 14.9. The van der Waals surface area contributed by atoms with Crippen LogP contribution in [0.25, 0.3) is 0 Å². The molecule has 2 aromatic carbocycles. The molecule has 1 fully saturated rings. The predicted octanol–water partition coefficient (Wildman–Crippen LogP) is 5.79. The highest BCUT2D eigenvalue weighted by atomic mass is 19.4. The van der Waals surface area contributed by atoms with Gasteiger partial charge in [0.2, 0.25) is 0 Å². The van der Waals surface area contributed by atoms with Gasteiger partial charge in [0.25, 0.3) is 11.8 Å². The van der Waals surface area contributed by atoms with Gasteiger partial charge in [0, 0.05) is 43.9 Å². The molecule has 0 aromatic heterocycles. The number of hydrogen-bond acceptors (Lipinski definition) is 8. The Kier molecular flexibility index (Phi) is 17.5. The Bertz CT molecular complexity index is 1220. The first-order valence-corrected chi connectivity index (χ1v) is 15.9. The summed E-state index contributed by atoms with van der Waals surface area (Å²) in [5, 5.41) is 2.64.